The fraction of sp³-hybridized carbons (Fsp3) is 0.400. The Balaban J connectivity index is 1.05. The molecule has 8 heteroatoms. The quantitative estimate of drug-likeness (QED) is 0.537. The molecule has 6 nitrogen and oxygen atoms in total. The first-order valence-electron chi connectivity index (χ1n) is 11.5. The van der Waals surface area contributed by atoms with Crippen molar-refractivity contribution in [1.29, 1.82) is 0 Å². The molecule has 2 aliphatic heterocycles. The van der Waals surface area contributed by atoms with E-state index in [1.807, 2.05) is 28.0 Å². The Bertz CT molecular complexity index is 1100. The standard InChI is InChI=1S/C25H28N4O2S2/c30-23(6-7-24(31)29-10-8-22-20(16-29)9-15-32-22)28-13-11-27(12-14-28)17-21-18-33-25(26-21)19-4-2-1-3-5-19/h1-5,9,15,18H,6-8,10-14,16-17H2. The highest BCUT2D eigenvalue weighted by Gasteiger charge is 2.25. The Labute approximate surface area is 202 Å². The number of benzene rings is 1. The van der Waals surface area contributed by atoms with E-state index in [-0.39, 0.29) is 11.8 Å². The number of rotatable bonds is 6. The lowest BCUT2D eigenvalue weighted by molar-refractivity contribution is -0.138. The molecule has 0 radical (unpaired) electrons. The van der Waals surface area contributed by atoms with Gasteiger partial charge in [-0.25, -0.2) is 4.98 Å². The summed E-state index contributed by atoms with van der Waals surface area (Å²) in [5.74, 6) is 0.188. The van der Waals surface area contributed by atoms with Gasteiger partial charge >= 0.3 is 0 Å². The van der Waals surface area contributed by atoms with E-state index in [0.29, 0.717) is 32.5 Å². The van der Waals surface area contributed by atoms with E-state index >= 15 is 0 Å². The van der Waals surface area contributed by atoms with Crippen LogP contribution in [-0.4, -0.2) is 64.2 Å². The lowest BCUT2D eigenvalue weighted by Gasteiger charge is -2.34. The number of hydrogen-bond donors (Lipinski definition) is 0. The number of aromatic nitrogens is 1. The second-order valence-corrected chi connectivity index (χ2v) is 10.5. The summed E-state index contributed by atoms with van der Waals surface area (Å²) in [6, 6.07) is 12.4. The van der Waals surface area contributed by atoms with Crippen LogP contribution in [0.3, 0.4) is 0 Å². The third-order valence-corrected chi connectivity index (χ3v) is 8.36. The summed E-state index contributed by atoms with van der Waals surface area (Å²) in [6.07, 6.45) is 1.54. The largest absolute Gasteiger partial charge is 0.340 e. The zero-order valence-corrected chi connectivity index (χ0v) is 20.2. The molecule has 0 bridgehead atoms. The Morgan fingerprint density at radius 3 is 2.42 bits per heavy atom. The number of amides is 2. The number of piperazine rings is 1. The fourth-order valence-electron chi connectivity index (χ4n) is 4.47. The van der Waals surface area contributed by atoms with Crippen LogP contribution in [0, 0.1) is 0 Å². The van der Waals surface area contributed by atoms with Crippen molar-refractivity contribution in [2.24, 2.45) is 0 Å². The molecular weight excluding hydrogens is 452 g/mol. The number of fused-ring (bicyclic) bond motifs is 1. The normalized spacial score (nSPS) is 16.6. The van der Waals surface area contributed by atoms with Gasteiger partial charge in [0, 0.05) is 74.5 Å². The Morgan fingerprint density at radius 1 is 0.879 bits per heavy atom. The van der Waals surface area contributed by atoms with Crippen molar-refractivity contribution in [1.82, 2.24) is 19.7 Å². The van der Waals surface area contributed by atoms with Crippen LogP contribution in [0.15, 0.2) is 47.2 Å². The molecule has 0 aliphatic carbocycles. The molecule has 1 saturated heterocycles. The Morgan fingerprint density at radius 2 is 1.64 bits per heavy atom. The zero-order valence-electron chi connectivity index (χ0n) is 18.6. The summed E-state index contributed by atoms with van der Waals surface area (Å²) in [5.41, 5.74) is 3.50. The summed E-state index contributed by atoms with van der Waals surface area (Å²) in [4.78, 5) is 37.7. The number of nitrogens with zero attached hydrogens (tertiary/aromatic N) is 4. The number of hydrogen-bond acceptors (Lipinski definition) is 6. The zero-order chi connectivity index (χ0) is 22.6. The van der Waals surface area contributed by atoms with Gasteiger partial charge in [0.25, 0.3) is 0 Å². The highest BCUT2D eigenvalue weighted by Crippen LogP contribution is 2.25. The Hall–Kier alpha value is -2.55. The van der Waals surface area contributed by atoms with Gasteiger partial charge in [-0.2, -0.15) is 0 Å². The van der Waals surface area contributed by atoms with Crippen LogP contribution in [-0.2, 0) is 29.1 Å². The van der Waals surface area contributed by atoms with E-state index < -0.39 is 0 Å². The number of thiazole rings is 1. The molecule has 172 valence electrons. The van der Waals surface area contributed by atoms with E-state index in [1.54, 1.807) is 22.7 Å². The van der Waals surface area contributed by atoms with Gasteiger partial charge in [0.1, 0.15) is 5.01 Å². The second kappa shape index (κ2) is 10.2. The smallest absolute Gasteiger partial charge is 0.223 e. The molecule has 1 fully saturated rings. The van der Waals surface area contributed by atoms with Crippen LogP contribution >= 0.6 is 22.7 Å². The van der Waals surface area contributed by atoms with Crippen molar-refractivity contribution in [3.05, 3.63) is 63.3 Å². The molecule has 4 heterocycles. The topological polar surface area (TPSA) is 56.8 Å². The van der Waals surface area contributed by atoms with Gasteiger partial charge in [0.2, 0.25) is 11.8 Å². The van der Waals surface area contributed by atoms with Crippen molar-refractivity contribution >= 4 is 34.5 Å². The Kier molecular flexibility index (Phi) is 6.85. The van der Waals surface area contributed by atoms with Crippen LogP contribution < -0.4 is 0 Å². The molecule has 2 aliphatic rings. The molecule has 1 aromatic carbocycles. The molecular formula is C25H28N4O2S2. The van der Waals surface area contributed by atoms with Crippen molar-refractivity contribution in [3.8, 4) is 10.6 Å². The van der Waals surface area contributed by atoms with Gasteiger partial charge < -0.3 is 9.80 Å². The molecule has 33 heavy (non-hydrogen) atoms. The molecule has 0 unspecified atom stereocenters. The molecule has 3 aromatic rings. The summed E-state index contributed by atoms with van der Waals surface area (Å²) in [7, 11) is 0. The molecule has 0 atom stereocenters. The first-order valence-corrected chi connectivity index (χ1v) is 13.2. The molecule has 2 aromatic heterocycles. The number of carbonyl (C=O) groups excluding carboxylic acids is 2. The van der Waals surface area contributed by atoms with E-state index in [4.69, 9.17) is 4.98 Å². The summed E-state index contributed by atoms with van der Waals surface area (Å²) in [6.45, 7) is 5.36. The maximum Gasteiger partial charge on any atom is 0.223 e. The summed E-state index contributed by atoms with van der Waals surface area (Å²) in [5, 5.41) is 5.27. The predicted octanol–water partition coefficient (Wildman–Crippen LogP) is 3.88. The van der Waals surface area contributed by atoms with E-state index in [9.17, 15) is 9.59 Å². The molecule has 0 saturated carbocycles. The molecule has 0 spiro atoms. The fourth-order valence-corrected chi connectivity index (χ4v) is 6.18. The van der Waals surface area contributed by atoms with Crippen molar-refractivity contribution < 1.29 is 9.59 Å². The summed E-state index contributed by atoms with van der Waals surface area (Å²) < 4.78 is 0. The SMILES string of the molecule is O=C(CCC(=O)N1CCc2sccc2C1)N1CCN(Cc2csc(-c3ccccc3)n2)CC1. The average Bonchev–Trinajstić information content (AvgIpc) is 3.52. The van der Waals surface area contributed by atoms with Crippen LogP contribution in [0.25, 0.3) is 10.6 Å². The number of carbonyl (C=O) groups is 2. The minimum absolute atomic E-state index is 0.0938. The van der Waals surface area contributed by atoms with Gasteiger partial charge in [0.15, 0.2) is 0 Å². The van der Waals surface area contributed by atoms with Gasteiger partial charge in [-0.1, -0.05) is 30.3 Å². The van der Waals surface area contributed by atoms with Crippen molar-refractivity contribution in [2.75, 3.05) is 32.7 Å². The molecule has 2 amide bonds. The first-order chi connectivity index (χ1) is 16.2. The molecule has 0 N–H and O–H groups in total. The van der Waals surface area contributed by atoms with E-state index in [2.05, 4.69) is 33.9 Å². The maximum absolute atomic E-state index is 12.7. The third-order valence-electron chi connectivity index (χ3n) is 6.40. The van der Waals surface area contributed by atoms with E-state index in [0.717, 1.165) is 48.9 Å². The highest BCUT2D eigenvalue weighted by atomic mass is 32.1. The van der Waals surface area contributed by atoms with E-state index in [1.165, 1.54) is 10.4 Å². The predicted molar refractivity (Wildman–Crippen MR) is 132 cm³/mol. The number of thiophene rings is 1. The van der Waals surface area contributed by atoms with Gasteiger partial charge in [-0.05, 0) is 23.4 Å². The average molecular weight is 481 g/mol. The maximum atomic E-state index is 12.7. The lowest BCUT2D eigenvalue weighted by Crippen LogP contribution is -2.48. The van der Waals surface area contributed by atoms with Crippen LogP contribution in [0.4, 0.5) is 0 Å². The third kappa shape index (κ3) is 5.34. The molecule has 5 rings (SSSR count). The van der Waals surface area contributed by atoms with Crippen LogP contribution in [0.1, 0.15) is 29.0 Å². The van der Waals surface area contributed by atoms with Crippen LogP contribution in [0.5, 0.6) is 0 Å². The lowest BCUT2D eigenvalue weighted by atomic mass is 10.1. The van der Waals surface area contributed by atoms with Crippen LogP contribution in [0.2, 0.25) is 0 Å². The highest BCUT2D eigenvalue weighted by molar-refractivity contribution is 7.13. The van der Waals surface area contributed by atoms with Gasteiger partial charge in [-0.3, -0.25) is 14.5 Å². The minimum Gasteiger partial charge on any atom is -0.340 e. The van der Waals surface area contributed by atoms with Gasteiger partial charge in [-0.15, -0.1) is 22.7 Å². The van der Waals surface area contributed by atoms with Gasteiger partial charge in [0.05, 0.1) is 5.69 Å². The first kappa shape index (κ1) is 22.3. The van der Waals surface area contributed by atoms with Crippen molar-refractivity contribution in [3.63, 3.8) is 0 Å². The summed E-state index contributed by atoms with van der Waals surface area (Å²) >= 11 is 3.45. The second-order valence-electron chi connectivity index (χ2n) is 8.60. The minimum atomic E-state index is 0.0938. The van der Waals surface area contributed by atoms with Crippen molar-refractivity contribution in [2.45, 2.75) is 32.4 Å². The monoisotopic (exact) mass is 480 g/mol.